The summed E-state index contributed by atoms with van der Waals surface area (Å²) in [6.07, 6.45) is 1.75. The fourth-order valence-electron chi connectivity index (χ4n) is 2.80. The Morgan fingerprint density at radius 1 is 1.24 bits per heavy atom. The number of hydrogen-bond donors (Lipinski definition) is 0. The second kappa shape index (κ2) is 6.94. The Labute approximate surface area is 154 Å². The van der Waals surface area contributed by atoms with E-state index in [2.05, 4.69) is 4.98 Å². The van der Waals surface area contributed by atoms with E-state index in [-0.39, 0.29) is 12.3 Å². The van der Waals surface area contributed by atoms with Crippen LogP contribution >= 0.6 is 23.4 Å². The van der Waals surface area contributed by atoms with Crippen LogP contribution in [0.25, 0.3) is 11.5 Å². The number of fused-ring (bicyclic) bond motifs is 1. The Balaban J connectivity index is 1.54. The van der Waals surface area contributed by atoms with E-state index in [1.807, 2.05) is 48.5 Å². The Morgan fingerprint density at radius 3 is 2.92 bits per heavy atom. The summed E-state index contributed by atoms with van der Waals surface area (Å²) in [6, 6.07) is 15.3. The van der Waals surface area contributed by atoms with Crippen LogP contribution in [0, 0.1) is 0 Å². The van der Waals surface area contributed by atoms with Gasteiger partial charge in [-0.15, -0.1) is 11.8 Å². The molecule has 0 aliphatic carbocycles. The second-order valence-corrected chi connectivity index (χ2v) is 7.27. The predicted molar refractivity (Wildman–Crippen MR) is 100 cm³/mol. The molecule has 0 N–H and O–H groups in total. The highest BCUT2D eigenvalue weighted by atomic mass is 35.5. The fourth-order valence-corrected chi connectivity index (χ4v) is 3.94. The molecule has 1 aromatic heterocycles. The third kappa shape index (κ3) is 3.43. The van der Waals surface area contributed by atoms with Crippen molar-refractivity contribution in [3.63, 3.8) is 0 Å². The van der Waals surface area contributed by atoms with E-state index in [4.69, 9.17) is 16.0 Å². The van der Waals surface area contributed by atoms with Gasteiger partial charge in [-0.1, -0.05) is 29.8 Å². The van der Waals surface area contributed by atoms with E-state index < -0.39 is 0 Å². The van der Waals surface area contributed by atoms with Crippen LogP contribution in [-0.2, 0) is 11.2 Å². The van der Waals surface area contributed by atoms with Gasteiger partial charge in [-0.3, -0.25) is 4.79 Å². The molecule has 4 rings (SSSR count). The molecule has 1 amide bonds. The predicted octanol–water partition coefficient (Wildman–Crippen LogP) is 4.68. The van der Waals surface area contributed by atoms with Gasteiger partial charge >= 0.3 is 0 Å². The van der Waals surface area contributed by atoms with E-state index in [1.165, 1.54) is 0 Å². The number of halogens is 1. The van der Waals surface area contributed by atoms with Crippen molar-refractivity contribution in [2.45, 2.75) is 11.3 Å². The first-order valence-corrected chi connectivity index (χ1v) is 9.29. The number of carbonyl (C=O) groups is 1. The van der Waals surface area contributed by atoms with Crippen LogP contribution in [0.2, 0.25) is 5.02 Å². The van der Waals surface area contributed by atoms with Gasteiger partial charge in [0.05, 0.1) is 17.8 Å². The first kappa shape index (κ1) is 16.2. The molecule has 1 aliphatic heterocycles. The van der Waals surface area contributed by atoms with Crippen molar-refractivity contribution in [1.82, 2.24) is 4.98 Å². The number of oxazole rings is 1. The summed E-state index contributed by atoms with van der Waals surface area (Å²) in [7, 11) is 0. The number of nitrogens with zero attached hydrogens (tertiary/aromatic N) is 2. The van der Waals surface area contributed by atoms with Crippen molar-refractivity contribution < 1.29 is 9.21 Å². The third-order valence-electron chi connectivity index (χ3n) is 3.99. The highest BCUT2D eigenvalue weighted by Crippen LogP contribution is 2.36. The van der Waals surface area contributed by atoms with Gasteiger partial charge in [0.15, 0.2) is 0 Å². The third-order valence-corrected chi connectivity index (χ3v) is 5.27. The number of aromatic nitrogens is 1. The Kier molecular flexibility index (Phi) is 4.51. The van der Waals surface area contributed by atoms with E-state index in [0.717, 1.165) is 21.9 Å². The van der Waals surface area contributed by atoms with Crippen LogP contribution in [0.4, 0.5) is 5.69 Å². The number of amides is 1. The van der Waals surface area contributed by atoms with Crippen LogP contribution in [0.5, 0.6) is 0 Å². The lowest BCUT2D eigenvalue weighted by Crippen LogP contribution is -2.36. The average molecular weight is 371 g/mol. The quantitative estimate of drug-likeness (QED) is 0.671. The number of benzene rings is 2. The van der Waals surface area contributed by atoms with Gasteiger partial charge in [0.1, 0.15) is 6.26 Å². The molecule has 25 heavy (non-hydrogen) atoms. The lowest BCUT2D eigenvalue weighted by molar-refractivity contribution is -0.118. The van der Waals surface area contributed by atoms with Crippen molar-refractivity contribution in [3.05, 3.63) is 65.5 Å². The van der Waals surface area contributed by atoms with Crippen molar-refractivity contribution in [2.75, 3.05) is 17.2 Å². The van der Waals surface area contributed by atoms with E-state index in [1.54, 1.807) is 22.9 Å². The maximum Gasteiger partial charge on any atom is 0.233 e. The topological polar surface area (TPSA) is 46.3 Å². The molecule has 2 aromatic carbocycles. The smallest absolute Gasteiger partial charge is 0.233 e. The molecular weight excluding hydrogens is 356 g/mol. The number of hydrogen-bond acceptors (Lipinski definition) is 4. The minimum Gasteiger partial charge on any atom is -0.444 e. The molecule has 0 bridgehead atoms. The fraction of sp³-hybridized carbons (Fsp3) is 0.158. The molecule has 2 heterocycles. The summed E-state index contributed by atoms with van der Waals surface area (Å²) in [5, 5.41) is 0.631. The molecule has 0 spiro atoms. The number of thioether (sulfide) groups is 1. The zero-order valence-corrected chi connectivity index (χ0v) is 14.9. The minimum atomic E-state index is -0.00303. The lowest BCUT2D eigenvalue weighted by atomic mass is 10.2. The molecular formula is C19H15ClN2O2S. The molecule has 0 atom stereocenters. The van der Waals surface area contributed by atoms with Gasteiger partial charge in [-0.2, -0.15) is 0 Å². The van der Waals surface area contributed by atoms with Crippen molar-refractivity contribution >= 4 is 35.0 Å². The molecule has 3 aromatic rings. The summed E-state index contributed by atoms with van der Waals surface area (Å²) in [4.78, 5) is 20.1. The zero-order chi connectivity index (χ0) is 17.2. The number of rotatable bonds is 3. The van der Waals surface area contributed by atoms with Crippen LogP contribution < -0.4 is 4.90 Å². The summed E-state index contributed by atoms with van der Waals surface area (Å²) in [6.45, 7) is 0.667. The van der Waals surface area contributed by atoms with Crippen molar-refractivity contribution in [2.24, 2.45) is 0 Å². The van der Waals surface area contributed by atoms with Gasteiger partial charge in [-0.05, 0) is 30.3 Å². The van der Waals surface area contributed by atoms with Gasteiger partial charge in [0.25, 0.3) is 0 Å². The molecule has 0 saturated carbocycles. The van der Waals surface area contributed by atoms with Gasteiger partial charge in [0, 0.05) is 27.8 Å². The number of carbonyl (C=O) groups excluding carboxylic acids is 1. The van der Waals surface area contributed by atoms with Crippen molar-refractivity contribution in [1.29, 1.82) is 0 Å². The van der Waals surface area contributed by atoms with Crippen LogP contribution in [0.1, 0.15) is 5.69 Å². The van der Waals surface area contributed by atoms with Crippen LogP contribution in [-0.4, -0.2) is 23.2 Å². The maximum atomic E-state index is 12.8. The van der Waals surface area contributed by atoms with E-state index >= 15 is 0 Å². The number of anilines is 1. The lowest BCUT2D eigenvalue weighted by Gasteiger charge is -2.29. The van der Waals surface area contributed by atoms with Crippen LogP contribution in [0.15, 0.2) is 64.1 Å². The summed E-state index contributed by atoms with van der Waals surface area (Å²) in [5.41, 5.74) is 2.40. The van der Waals surface area contributed by atoms with Gasteiger partial charge in [0.2, 0.25) is 11.8 Å². The molecule has 0 saturated heterocycles. The monoisotopic (exact) mass is 370 g/mol. The first-order chi connectivity index (χ1) is 12.2. The molecule has 0 fully saturated rings. The standard InChI is InChI=1S/C19H15ClN2O2S/c20-14-6-7-17-16(10-14)22(8-9-25-17)18(23)11-15-12-24-19(21-15)13-4-2-1-3-5-13/h1-7,10,12H,8-9,11H2. The average Bonchev–Trinajstić information content (AvgIpc) is 3.10. The summed E-state index contributed by atoms with van der Waals surface area (Å²) < 4.78 is 5.52. The van der Waals surface area contributed by atoms with Gasteiger partial charge in [-0.25, -0.2) is 4.98 Å². The molecule has 6 heteroatoms. The van der Waals surface area contributed by atoms with E-state index in [9.17, 15) is 4.79 Å². The van der Waals surface area contributed by atoms with E-state index in [0.29, 0.717) is 23.2 Å². The summed E-state index contributed by atoms with van der Waals surface area (Å²) >= 11 is 7.84. The molecule has 4 nitrogen and oxygen atoms in total. The molecule has 0 radical (unpaired) electrons. The normalized spacial score (nSPS) is 13.6. The molecule has 0 unspecified atom stereocenters. The molecule has 1 aliphatic rings. The first-order valence-electron chi connectivity index (χ1n) is 7.93. The zero-order valence-electron chi connectivity index (χ0n) is 13.3. The highest BCUT2D eigenvalue weighted by molar-refractivity contribution is 7.99. The Morgan fingerprint density at radius 2 is 2.08 bits per heavy atom. The van der Waals surface area contributed by atoms with Crippen LogP contribution in [0.3, 0.4) is 0 Å². The largest absolute Gasteiger partial charge is 0.444 e. The maximum absolute atomic E-state index is 12.8. The Hall–Kier alpha value is -2.24. The highest BCUT2D eigenvalue weighted by Gasteiger charge is 2.24. The Bertz CT molecular complexity index is 911. The molecule has 126 valence electrons. The second-order valence-electron chi connectivity index (χ2n) is 5.69. The SMILES string of the molecule is O=C(Cc1coc(-c2ccccc2)n1)N1CCSc2ccc(Cl)cc21. The summed E-state index contributed by atoms with van der Waals surface area (Å²) in [5.74, 6) is 1.40. The van der Waals surface area contributed by atoms with Crippen molar-refractivity contribution in [3.8, 4) is 11.5 Å². The minimum absolute atomic E-state index is 0.00303. The van der Waals surface area contributed by atoms with Gasteiger partial charge < -0.3 is 9.32 Å².